The van der Waals surface area contributed by atoms with Gasteiger partial charge in [-0.3, -0.25) is 9.59 Å². The number of carbonyl (C=O) groups is 2. The van der Waals surface area contributed by atoms with Gasteiger partial charge in [-0.1, -0.05) is 30.3 Å². The minimum absolute atomic E-state index is 0.114. The molecule has 3 rings (SSSR count). The molecule has 0 radical (unpaired) electrons. The Kier molecular flexibility index (Phi) is 6.51. The lowest BCUT2D eigenvalue weighted by Crippen LogP contribution is -2.38. The van der Waals surface area contributed by atoms with Crippen molar-refractivity contribution in [1.82, 2.24) is 4.90 Å². The summed E-state index contributed by atoms with van der Waals surface area (Å²) in [5, 5.41) is 3.61. The Hall–Kier alpha value is -3.32. The molecule has 7 nitrogen and oxygen atoms in total. The smallest absolute Gasteiger partial charge is 0.290 e. The maximum atomic E-state index is 13.1. The lowest BCUT2D eigenvalue weighted by Gasteiger charge is -2.20. The molecule has 1 N–H and O–H groups in total. The van der Waals surface area contributed by atoms with Crippen LogP contribution in [0, 0.1) is 0 Å². The maximum Gasteiger partial charge on any atom is 0.290 e. The van der Waals surface area contributed by atoms with Gasteiger partial charge in [-0.05, 0) is 25.1 Å². The quantitative estimate of drug-likeness (QED) is 0.628. The molecule has 0 fully saturated rings. The van der Waals surface area contributed by atoms with Gasteiger partial charge >= 0.3 is 0 Å². The lowest BCUT2D eigenvalue weighted by molar-refractivity contribution is -0.116. The normalized spacial score (nSPS) is 10.7. The molecule has 0 aliphatic carbocycles. The number of likely N-dealkylation sites (N-methyl/N-ethyl adjacent to an activating group) is 1. The van der Waals surface area contributed by atoms with Crippen LogP contribution in [-0.4, -0.2) is 44.0 Å². The Morgan fingerprint density at radius 3 is 2.52 bits per heavy atom. The molecule has 2 amide bonds. The van der Waals surface area contributed by atoms with Gasteiger partial charge in [-0.25, -0.2) is 0 Å². The number of furan rings is 1. The predicted molar refractivity (Wildman–Crippen MR) is 110 cm³/mol. The summed E-state index contributed by atoms with van der Waals surface area (Å²) in [6.45, 7) is 2.29. The number of nitrogens with one attached hydrogen (secondary N) is 1. The number of fused-ring (bicyclic) bond motifs is 1. The molecule has 0 unspecified atom stereocenters. The molecule has 0 saturated carbocycles. The number of ether oxygens (including phenoxy) is 2. The first-order chi connectivity index (χ1) is 14.1. The van der Waals surface area contributed by atoms with Gasteiger partial charge in [0.15, 0.2) is 5.76 Å². The zero-order valence-electron chi connectivity index (χ0n) is 16.7. The predicted octanol–water partition coefficient (Wildman–Crippen LogP) is 3.69. The van der Waals surface area contributed by atoms with E-state index < -0.39 is 0 Å². The van der Waals surface area contributed by atoms with Crippen LogP contribution in [0.3, 0.4) is 0 Å². The summed E-state index contributed by atoms with van der Waals surface area (Å²) in [5.41, 5.74) is 1.83. The van der Waals surface area contributed by atoms with E-state index in [4.69, 9.17) is 13.9 Å². The monoisotopic (exact) mass is 396 g/mol. The number of methoxy groups -OCH3 is 2. The van der Waals surface area contributed by atoms with Gasteiger partial charge < -0.3 is 24.1 Å². The molecule has 2 aromatic carbocycles. The summed E-state index contributed by atoms with van der Waals surface area (Å²) in [6.07, 6.45) is 0. The van der Waals surface area contributed by atoms with Crippen molar-refractivity contribution in [3.05, 3.63) is 59.9 Å². The molecule has 29 heavy (non-hydrogen) atoms. The molecular formula is C22H24N2O5. The highest BCUT2D eigenvalue weighted by Crippen LogP contribution is 2.28. The van der Waals surface area contributed by atoms with Crippen LogP contribution in [0.15, 0.2) is 52.9 Å². The number of hydrogen-bond donors (Lipinski definition) is 1. The van der Waals surface area contributed by atoms with E-state index >= 15 is 0 Å². The van der Waals surface area contributed by atoms with E-state index in [1.807, 2.05) is 31.2 Å². The van der Waals surface area contributed by atoms with E-state index in [-0.39, 0.29) is 30.7 Å². The number of anilines is 1. The highest BCUT2D eigenvalue weighted by molar-refractivity contribution is 6.02. The zero-order chi connectivity index (χ0) is 20.8. The number of rotatable bonds is 8. The standard InChI is InChI=1S/C22H24N2O5/c1-4-24(13-20(25)23-17-10-6-8-12-19(17)28-3)22(26)21-16(14-27-2)15-9-5-7-11-18(15)29-21/h5-12H,4,13-14H2,1-3H3,(H,23,25). The molecular weight excluding hydrogens is 372 g/mol. The fourth-order valence-electron chi connectivity index (χ4n) is 3.14. The number of hydrogen-bond acceptors (Lipinski definition) is 5. The molecule has 3 aromatic rings. The number of nitrogens with zero attached hydrogens (tertiary/aromatic N) is 1. The lowest BCUT2D eigenvalue weighted by atomic mass is 10.1. The van der Waals surface area contributed by atoms with Crippen molar-refractivity contribution in [2.75, 3.05) is 32.6 Å². The van der Waals surface area contributed by atoms with E-state index in [9.17, 15) is 9.59 Å². The van der Waals surface area contributed by atoms with E-state index in [1.54, 1.807) is 31.4 Å². The molecule has 0 aliphatic rings. The SMILES string of the molecule is CCN(CC(=O)Nc1ccccc1OC)C(=O)c1oc2ccccc2c1COC. The summed E-state index contributed by atoms with van der Waals surface area (Å²) in [7, 11) is 3.10. The van der Waals surface area contributed by atoms with Crippen LogP contribution in [0.1, 0.15) is 23.0 Å². The molecule has 0 spiro atoms. The van der Waals surface area contributed by atoms with Crippen molar-refractivity contribution in [3.8, 4) is 5.75 Å². The second-order valence-electron chi connectivity index (χ2n) is 6.41. The van der Waals surface area contributed by atoms with Crippen molar-refractivity contribution in [2.45, 2.75) is 13.5 Å². The van der Waals surface area contributed by atoms with Gasteiger partial charge in [0.1, 0.15) is 17.9 Å². The third-order valence-electron chi connectivity index (χ3n) is 4.57. The topological polar surface area (TPSA) is 81.0 Å². The average molecular weight is 396 g/mol. The molecule has 1 aromatic heterocycles. The Balaban J connectivity index is 1.81. The zero-order valence-corrected chi connectivity index (χ0v) is 16.7. The van der Waals surface area contributed by atoms with Crippen molar-refractivity contribution in [2.24, 2.45) is 0 Å². The molecule has 0 saturated heterocycles. The molecule has 0 atom stereocenters. The van der Waals surface area contributed by atoms with E-state index in [0.29, 0.717) is 29.1 Å². The minimum Gasteiger partial charge on any atom is -0.495 e. The molecule has 0 bridgehead atoms. The minimum atomic E-state index is -0.356. The van der Waals surface area contributed by atoms with Gasteiger partial charge in [-0.15, -0.1) is 0 Å². The molecule has 0 aliphatic heterocycles. The van der Waals surface area contributed by atoms with E-state index in [2.05, 4.69) is 5.32 Å². The van der Waals surface area contributed by atoms with Crippen molar-refractivity contribution < 1.29 is 23.5 Å². The highest BCUT2D eigenvalue weighted by atomic mass is 16.5. The van der Waals surface area contributed by atoms with Crippen LogP contribution in [0.25, 0.3) is 11.0 Å². The first kappa shape index (κ1) is 20.4. The molecule has 1 heterocycles. The summed E-state index contributed by atoms with van der Waals surface area (Å²) in [5.74, 6) is 0.0647. The van der Waals surface area contributed by atoms with Gasteiger partial charge in [0.25, 0.3) is 5.91 Å². The second-order valence-corrected chi connectivity index (χ2v) is 6.41. The Morgan fingerprint density at radius 1 is 1.07 bits per heavy atom. The van der Waals surface area contributed by atoms with Crippen LogP contribution in [0.5, 0.6) is 5.75 Å². The third kappa shape index (κ3) is 4.41. The van der Waals surface area contributed by atoms with Gasteiger partial charge in [0, 0.05) is 24.6 Å². The maximum absolute atomic E-state index is 13.1. The molecule has 7 heteroatoms. The average Bonchev–Trinajstić information content (AvgIpc) is 3.11. The largest absolute Gasteiger partial charge is 0.495 e. The third-order valence-corrected chi connectivity index (χ3v) is 4.57. The van der Waals surface area contributed by atoms with Crippen LogP contribution in [-0.2, 0) is 16.1 Å². The Morgan fingerprint density at radius 2 is 1.79 bits per heavy atom. The summed E-state index contributed by atoms with van der Waals surface area (Å²) in [6, 6.07) is 14.5. The first-order valence-electron chi connectivity index (χ1n) is 9.30. The number of para-hydroxylation sites is 3. The van der Waals surface area contributed by atoms with Crippen LogP contribution in [0.2, 0.25) is 0 Å². The number of carbonyl (C=O) groups excluding carboxylic acids is 2. The summed E-state index contributed by atoms with van der Waals surface area (Å²) >= 11 is 0. The number of benzene rings is 2. The fourth-order valence-corrected chi connectivity index (χ4v) is 3.14. The van der Waals surface area contributed by atoms with Crippen molar-refractivity contribution in [3.63, 3.8) is 0 Å². The van der Waals surface area contributed by atoms with Crippen LogP contribution >= 0.6 is 0 Å². The van der Waals surface area contributed by atoms with Crippen LogP contribution in [0.4, 0.5) is 5.69 Å². The van der Waals surface area contributed by atoms with Crippen LogP contribution < -0.4 is 10.1 Å². The van der Waals surface area contributed by atoms with E-state index in [0.717, 1.165) is 5.39 Å². The summed E-state index contributed by atoms with van der Waals surface area (Å²) in [4.78, 5) is 27.1. The van der Waals surface area contributed by atoms with Crippen molar-refractivity contribution >= 4 is 28.5 Å². The van der Waals surface area contributed by atoms with Gasteiger partial charge in [0.2, 0.25) is 5.91 Å². The fraction of sp³-hybridized carbons (Fsp3) is 0.273. The Labute approximate surface area is 169 Å². The summed E-state index contributed by atoms with van der Waals surface area (Å²) < 4.78 is 16.3. The van der Waals surface area contributed by atoms with Gasteiger partial charge in [0.05, 0.1) is 19.4 Å². The Bertz CT molecular complexity index is 1010. The first-order valence-corrected chi connectivity index (χ1v) is 9.30. The van der Waals surface area contributed by atoms with Gasteiger partial charge in [-0.2, -0.15) is 0 Å². The van der Waals surface area contributed by atoms with E-state index in [1.165, 1.54) is 12.0 Å². The second kappa shape index (κ2) is 9.25. The van der Waals surface area contributed by atoms with Crippen molar-refractivity contribution in [1.29, 1.82) is 0 Å². The molecule has 152 valence electrons. The highest BCUT2D eigenvalue weighted by Gasteiger charge is 2.26. The number of amides is 2.